The van der Waals surface area contributed by atoms with E-state index in [0.29, 0.717) is 17.8 Å². The molecule has 2 rings (SSSR count). The molecule has 0 aliphatic heterocycles. The second-order valence-electron chi connectivity index (χ2n) is 6.17. The monoisotopic (exact) mass is 400 g/mol. The highest BCUT2D eigenvalue weighted by atomic mass is 32.2. The lowest BCUT2D eigenvalue weighted by Gasteiger charge is -2.18. The predicted octanol–water partition coefficient (Wildman–Crippen LogP) is 4.12. The van der Waals surface area contributed by atoms with Crippen LogP contribution in [-0.4, -0.2) is 49.3 Å². The Balaban J connectivity index is 1.82. The summed E-state index contributed by atoms with van der Waals surface area (Å²) in [6.07, 6.45) is 2.00. The van der Waals surface area contributed by atoms with E-state index in [1.807, 2.05) is 30.5 Å². The van der Waals surface area contributed by atoms with Crippen LogP contribution in [0.1, 0.15) is 24.2 Å². The van der Waals surface area contributed by atoms with Crippen LogP contribution in [0.4, 0.5) is 16.2 Å². The van der Waals surface area contributed by atoms with Crippen LogP contribution in [0, 0.1) is 0 Å². The SMILES string of the molecule is CCN(CC)CCNC(=O)c1ccc(NC(=O)Nc2ccc(SC)cc2)cc1. The van der Waals surface area contributed by atoms with Gasteiger partial charge in [-0.25, -0.2) is 4.79 Å². The van der Waals surface area contributed by atoms with Gasteiger partial charge >= 0.3 is 6.03 Å². The van der Waals surface area contributed by atoms with Crippen molar-refractivity contribution in [3.05, 3.63) is 54.1 Å². The van der Waals surface area contributed by atoms with Crippen LogP contribution in [0.15, 0.2) is 53.4 Å². The number of hydrogen-bond donors (Lipinski definition) is 3. The number of rotatable bonds is 9. The molecule has 3 N–H and O–H groups in total. The molecule has 0 aliphatic carbocycles. The van der Waals surface area contributed by atoms with Gasteiger partial charge in [-0.3, -0.25) is 4.79 Å². The van der Waals surface area contributed by atoms with Crippen molar-refractivity contribution in [2.75, 3.05) is 43.1 Å². The summed E-state index contributed by atoms with van der Waals surface area (Å²) in [6.45, 7) is 7.58. The van der Waals surface area contributed by atoms with Gasteiger partial charge < -0.3 is 20.9 Å². The highest BCUT2D eigenvalue weighted by Crippen LogP contribution is 2.18. The molecule has 0 saturated carbocycles. The summed E-state index contributed by atoms with van der Waals surface area (Å²) < 4.78 is 0. The maximum atomic E-state index is 12.2. The topological polar surface area (TPSA) is 73.5 Å². The Labute approximate surface area is 171 Å². The average molecular weight is 401 g/mol. The van der Waals surface area contributed by atoms with Crippen molar-refractivity contribution in [3.63, 3.8) is 0 Å². The average Bonchev–Trinajstić information content (AvgIpc) is 2.72. The van der Waals surface area contributed by atoms with Crippen LogP contribution in [0.3, 0.4) is 0 Å². The minimum Gasteiger partial charge on any atom is -0.351 e. The van der Waals surface area contributed by atoms with E-state index in [2.05, 4.69) is 34.7 Å². The molecular formula is C21H28N4O2S. The number of likely N-dealkylation sites (N-methyl/N-ethyl adjacent to an activating group) is 1. The lowest BCUT2D eigenvalue weighted by atomic mass is 10.2. The van der Waals surface area contributed by atoms with Crippen LogP contribution in [-0.2, 0) is 0 Å². The van der Waals surface area contributed by atoms with E-state index in [1.165, 1.54) is 0 Å². The maximum Gasteiger partial charge on any atom is 0.323 e. The Hall–Kier alpha value is -2.51. The van der Waals surface area contributed by atoms with Crippen molar-refractivity contribution >= 4 is 35.1 Å². The lowest BCUT2D eigenvalue weighted by molar-refractivity contribution is 0.0949. The van der Waals surface area contributed by atoms with Crippen molar-refractivity contribution in [1.29, 1.82) is 0 Å². The second-order valence-corrected chi connectivity index (χ2v) is 7.05. The molecule has 2 aromatic rings. The number of benzene rings is 2. The molecule has 150 valence electrons. The maximum absolute atomic E-state index is 12.2. The fraction of sp³-hybridized carbons (Fsp3) is 0.333. The van der Waals surface area contributed by atoms with E-state index in [9.17, 15) is 9.59 Å². The highest BCUT2D eigenvalue weighted by Gasteiger charge is 2.07. The number of hydrogen-bond acceptors (Lipinski definition) is 4. The Kier molecular flexibility index (Phi) is 8.84. The van der Waals surface area contributed by atoms with Crippen molar-refractivity contribution in [2.24, 2.45) is 0 Å². The minimum absolute atomic E-state index is 0.114. The first-order valence-electron chi connectivity index (χ1n) is 9.38. The number of anilines is 2. The Bertz CT molecular complexity index is 759. The zero-order valence-corrected chi connectivity index (χ0v) is 17.4. The summed E-state index contributed by atoms with van der Waals surface area (Å²) in [5.41, 5.74) is 1.91. The summed E-state index contributed by atoms with van der Waals surface area (Å²) in [4.78, 5) is 27.7. The molecule has 0 aromatic heterocycles. The minimum atomic E-state index is -0.326. The van der Waals surface area contributed by atoms with Crippen molar-refractivity contribution < 1.29 is 9.59 Å². The number of amides is 3. The van der Waals surface area contributed by atoms with Gasteiger partial charge in [-0.05, 0) is 67.9 Å². The molecular weight excluding hydrogens is 372 g/mol. The van der Waals surface area contributed by atoms with Crippen LogP contribution in [0.5, 0.6) is 0 Å². The van der Waals surface area contributed by atoms with Gasteiger partial charge in [0.15, 0.2) is 0 Å². The largest absolute Gasteiger partial charge is 0.351 e. The quantitative estimate of drug-likeness (QED) is 0.554. The van der Waals surface area contributed by atoms with E-state index < -0.39 is 0 Å². The Morgan fingerprint density at radius 1 is 0.893 bits per heavy atom. The van der Waals surface area contributed by atoms with Gasteiger partial charge in [0.1, 0.15) is 0 Å². The number of carbonyl (C=O) groups excluding carboxylic acids is 2. The molecule has 2 aromatic carbocycles. The highest BCUT2D eigenvalue weighted by molar-refractivity contribution is 7.98. The molecule has 0 radical (unpaired) electrons. The van der Waals surface area contributed by atoms with Crippen LogP contribution < -0.4 is 16.0 Å². The fourth-order valence-electron chi connectivity index (χ4n) is 2.64. The van der Waals surface area contributed by atoms with Crippen molar-refractivity contribution in [2.45, 2.75) is 18.7 Å². The van der Waals surface area contributed by atoms with Gasteiger partial charge in [-0.15, -0.1) is 11.8 Å². The molecule has 0 spiro atoms. The smallest absolute Gasteiger partial charge is 0.323 e. The number of thioether (sulfide) groups is 1. The molecule has 7 heteroatoms. The fourth-order valence-corrected chi connectivity index (χ4v) is 3.05. The molecule has 0 bridgehead atoms. The summed E-state index contributed by atoms with van der Waals surface area (Å²) in [5.74, 6) is -0.114. The van der Waals surface area contributed by atoms with Crippen LogP contribution in [0.2, 0.25) is 0 Å². The van der Waals surface area contributed by atoms with E-state index in [4.69, 9.17) is 0 Å². The lowest BCUT2D eigenvalue weighted by Crippen LogP contribution is -2.34. The molecule has 0 fully saturated rings. The molecule has 28 heavy (non-hydrogen) atoms. The Morgan fingerprint density at radius 2 is 1.43 bits per heavy atom. The van der Waals surface area contributed by atoms with Crippen molar-refractivity contribution in [3.8, 4) is 0 Å². The first-order valence-corrected chi connectivity index (χ1v) is 10.6. The summed E-state index contributed by atoms with van der Waals surface area (Å²) >= 11 is 1.65. The summed E-state index contributed by atoms with van der Waals surface area (Å²) in [6, 6.07) is 14.1. The first-order chi connectivity index (χ1) is 13.5. The van der Waals surface area contributed by atoms with Gasteiger partial charge in [-0.1, -0.05) is 13.8 Å². The third-order valence-corrected chi connectivity index (χ3v) is 5.10. The normalized spacial score (nSPS) is 10.6. The van der Waals surface area contributed by atoms with Gasteiger partial charge in [0, 0.05) is 34.9 Å². The van der Waals surface area contributed by atoms with Gasteiger partial charge in [-0.2, -0.15) is 0 Å². The molecule has 0 unspecified atom stereocenters. The molecule has 0 saturated heterocycles. The number of nitrogens with one attached hydrogen (secondary N) is 3. The zero-order chi connectivity index (χ0) is 20.4. The van der Waals surface area contributed by atoms with E-state index in [1.54, 1.807) is 36.0 Å². The number of carbonyl (C=O) groups is 2. The molecule has 0 aliphatic rings. The summed E-state index contributed by atoms with van der Waals surface area (Å²) in [5, 5.41) is 8.47. The van der Waals surface area contributed by atoms with E-state index in [0.717, 1.165) is 30.2 Å². The molecule has 3 amide bonds. The zero-order valence-electron chi connectivity index (χ0n) is 16.6. The summed E-state index contributed by atoms with van der Waals surface area (Å²) in [7, 11) is 0. The molecule has 0 heterocycles. The van der Waals surface area contributed by atoms with E-state index >= 15 is 0 Å². The number of urea groups is 1. The van der Waals surface area contributed by atoms with Gasteiger partial charge in [0.05, 0.1) is 0 Å². The van der Waals surface area contributed by atoms with Crippen LogP contribution >= 0.6 is 11.8 Å². The third-order valence-electron chi connectivity index (χ3n) is 4.36. The second kappa shape index (κ2) is 11.4. The number of nitrogens with zero attached hydrogens (tertiary/aromatic N) is 1. The molecule has 6 nitrogen and oxygen atoms in total. The van der Waals surface area contributed by atoms with Crippen molar-refractivity contribution in [1.82, 2.24) is 10.2 Å². The van der Waals surface area contributed by atoms with E-state index in [-0.39, 0.29) is 11.9 Å². The van der Waals surface area contributed by atoms with Gasteiger partial charge in [0.2, 0.25) is 0 Å². The first kappa shape index (κ1) is 21.8. The van der Waals surface area contributed by atoms with Crippen LogP contribution in [0.25, 0.3) is 0 Å². The predicted molar refractivity (Wildman–Crippen MR) is 117 cm³/mol. The standard InChI is InChI=1S/C21H28N4O2S/c1-4-25(5-2)15-14-22-20(26)16-6-8-17(9-7-16)23-21(27)24-18-10-12-19(28-3)13-11-18/h6-13H,4-5,14-15H2,1-3H3,(H,22,26)(H2,23,24,27). The third kappa shape index (κ3) is 6.90. The van der Waals surface area contributed by atoms with Gasteiger partial charge in [0.25, 0.3) is 5.91 Å². The Morgan fingerprint density at radius 3 is 1.93 bits per heavy atom. The molecule has 0 atom stereocenters.